The maximum atomic E-state index is 13.3. The Morgan fingerprint density at radius 1 is 1.21 bits per heavy atom. The van der Waals surface area contributed by atoms with Crippen LogP contribution >= 0.6 is 11.8 Å². The number of ketones is 1. The zero-order chi connectivity index (χ0) is 24.6. The van der Waals surface area contributed by atoms with Gasteiger partial charge in [-0.1, -0.05) is 11.8 Å². The topological polar surface area (TPSA) is 105 Å². The minimum absolute atomic E-state index is 0.0259. The van der Waals surface area contributed by atoms with Crippen molar-refractivity contribution in [3.05, 3.63) is 53.1 Å². The largest absolute Gasteiger partial charge is 0.435 e. The van der Waals surface area contributed by atoms with Crippen molar-refractivity contribution in [1.82, 2.24) is 19.3 Å². The Bertz CT molecular complexity index is 1220. The second-order valence-electron chi connectivity index (χ2n) is 8.28. The van der Waals surface area contributed by atoms with Crippen molar-refractivity contribution < 1.29 is 23.1 Å². The minimum atomic E-state index is -2.89. The highest BCUT2D eigenvalue weighted by Gasteiger charge is 2.32. The number of halogens is 2. The number of rotatable bonds is 10. The van der Waals surface area contributed by atoms with Crippen LogP contribution in [0, 0.1) is 13.8 Å². The number of alkyl halides is 2. The van der Waals surface area contributed by atoms with Gasteiger partial charge in [-0.15, -0.1) is 10.2 Å². The van der Waals surface area contributed by atoms with Crippen LogP contribution in [0.2, 0.25) is 0 Å². The number of aromatic nitrogens is 4. The summed E-state index contributed by atoms with van der Waals surface area (Å²) in [5, 5.41) is 8.45. The van der Waals surface area contributed by atoms with E-state index in [0.717, 1.165) is 35.7 Å². The lowest BCUT2D eigenvalue weighted by Gasteiger charge is -2.13. The number of Topliss-reactive ketones (excluding diaryl/α,β-unsaturated/α-hetero) is 1. The van der Waals surface area contributed by atoms with Gasteiger partial charge in [0.25, 0.3) is 0 Å². The molecule has 180 valence electrons. The second kappa shape index (κ2) is 9.57. The fourth-order valence-corrected chi connectivity index (χ4v) is 4.88. The maximum absolute atomic E-state index is 13.3. The first-order valence-corrected chi connectivity index (χ1v) is 11.7. The van der Waals surface area contributed by atoms with Gasteiger partial charge in [0, 0.05) is 28.6 Å². The van der Waals surface area contributed by atoms with Gasteiger partial charge < -0.3 is 15.0 Å². The molecule has 3 aromatic rings. The van der Waals surface area contributed by atoms with E-state index in [-0.39, 0.29) is 24.0 Å². The minimum Gasteiger partial charge on any atom is -0.435 e. The highest BCUT2D eigenvalue weighted by molar-refractivity contribution is 8.00. The Morgan fingerprint density at radius 3 is 2.47 bits per heavy atom. The highest BCUT2D eigenvalue weighted by Crippen LogP contribution is 2.40. The van der Waals surface area contributed by atoms with Crippen LogP contribution in [-0.4, -0.2) is 42.9 Å². The van der Waals surface area contributed by atoms with Crippen molar-refractivity contribution in [2.45, 2.75) is 63.1 Å². The van der Waals surface area contributed by atoms with Crippen molar-refractivity contribution in [3.63, 3.8) is 0 Å². The van der Waals surface area contributed by atoms with Crippen LogP contribution in [-0.2, 0) is 11.3 Å². The molecule has 2 aromatic heterocycles. The summed E-state index contributed by atoms with van der Waals surface area (Å²) in [6, 6.07) is 8.06. The van der Waals surface area contributed by atoms with Crippen LogP contribution in [0.25, 0.3) is 5.69 Å². The summed E-state index contributed by atoms with van der Waals surface area (Å²) in [5.41, 5.74) is 8.25. The maximum Gasteiger partial charge on any atom is 0.387 e. The van der Waals surface area contributed by atoms with E-state index < -0.39 is 17.8 Å². The number of nitrogens with two attached hydrogens (primary N) is 1. The van der Waals surface area contributed by atoms with Crippen LogP contribution in [0.5, 0.6) is 5.75 Å². The van der Waals surface area contributed by atoms with E-state index in [1.807, 2.05) is 24.5 Å². The third-order valence-electron chi connectivity index (χ3n) is 5.67. The van der Waals surface area contributed by atoms with Crippen LogP contribution in [0.1, 0.15) is 53.3 Å². The fourth-order valence-electron chi connectivity index (χ4n) is 3.95. The number of carbonyl (C=O) groups is 2. The molecule has 0 spiro atoms. The average molecular weight is 490 g/mol. The van der Waals surface area contributed by atoms with E-state index >= 15 is 0 Å². The molecule has 0 aliphatic heterocycles. The molecule has 1 aromatic carbocycles. The highest BCUT2D eigenvalue weighted by atomic mass is 32.2. The molecule has 1 atom stereocenters. The molecule has 0 unspecified atom stereocenters. The average Bonchev–Trinajstić information content (AvgIpc) is 3.48. The number of ether oxygens (including phenoxy) is 1. The smallest absolute Gasteiger partial charge is 0.387 e. The van der Waals surface area contributed by atoms with Gasteiger partial charge in [-0.2, -0.15) is 8.78 Å². The van der Waals surface area contributed by atoms with E-state index in [1.54, 1.807) is 23.6 Å². The molecule has 4 rings (SSSR count). The van der Waals surface area contributed by atoms with Gasteiger partial charge in [0.2, 0.25) is 5.91 Å². The number of carbonyl (C=O) groups excluding carboxylic acids is 2. The van der Waals surface area contributed by atoms with E-state index in [2.05, 4.69) is 14.9 Å². The molecule has 1 saturated carbocycles. The van der Waals surface area contributed by atoms with Crippen LogP contribution in [0.15, 0.2) is 35.5 Å². The summed E-state index contributed by atoms with van der Waals surface area (Å²) in [7, 11) is 0. The first kappa shape index (κ1) is 23.9. The van der Waals surface area contributed by atoms with Gasteiger partial charge in [-0.05, 0) is 63.9 Å². The normalized spacial score (nSPS) is 14.4. The molecule has 34 heavy (non-hydrogen) atoms. The van der Waals surface area contributed by atoms with Gasteiger partial charge >= 0.3 is 6.61 Å². The molecule has 8 nitrogen and oxygen atoms in total. The monoisotopic (exact) mass is 489 g/mol. The molecule has 0 saturated heterocycles. The van der Waals surface area contributed by atoms with Crippen molar-refractivity contribution in [3.8, 4) is 11.4 Å². The number of benzene rings is 1. The van der Waals surface area contributed by atoms with Gasteiger partial charge in [0.15, 0.2) is 10.9 Å². The first-order chi connectivity index (χ1) is 16.2. The molecule has 1 amide bonds. The second-order valence-corrected chi connectivity index (χ2v) is 9.59. The quantitative estimate of drug-likeness (QED) is 0.341. The summed E-state index contributed by atoms with van der Waals surface area (Å²) in [5.74, 6) is 0.495. The predicted molar refractivity (Wildman–Crippen MR) is 123 cm³/mol. The zero-order valence-corrected chi connectivity index (χ0v) is 19.8. The van der Waals surface area contributed by atoms with Crippen LogP contribution in [0.3, 0.4) is 0 Å². The summed E-state index contributed by atoms with van der Waals surface area (Å²) < 4.78 is 32.9. The summed E-state index contributed by atoms with van der Waals surface area (Å²) in [4.78, 5) is 24.9. The fraction of sp³-hybridized carbons (Fsp3) is 0.391. The number of amides is 1. The third-order valence-corrected chi connectivity index (χ3v) is 6.75. The SMILES string of the molecule is Cc1cc(C(=O)[C@H](C)Sc2nnc(C3CC3)n2CC(N)=O)c(C)n1-c1ccc(OC(F)F)cc1. The molecule has 11 heteroatoms. The number of thioether (sulfide) groups is 1. The summed E-state index contributed by atoms with van der Waals surface area (Å²) in [6.07, 6.45) is 1.99. The number of hydrogen-bond donors (Lipinski definition) is 1. The Labute approximate surface area is 199 Å². The summed E-state index contributed by atoms with van der Waals surface area (Å²) >= 11 is 1.24. The van der Waals surface area contributed by atoms with Gasteiger partial charge in [-0.3, -0.25) is 14.2 Å². The molecule has 2 heterocycles. The Kier molecular flexibility index (Phi) is 6.74. The molecule has 0 radical (unpaired) electrons. The summed E-state index contributed by atoms with van der Waals surface area (Å²) in [6.45, 7) is 2.58. The molecule has 0 bridgehead atoms. The van der Waals surface area contributed by atoms with Gasteiger partial charge in [0.05, 0.1) is 5.25 Å². The van der Waals surface area contributed by atoms with Crippen molar-refractivity contribution in [2.24, 2.45) is 5.73 Å². The Balaban J connectivity index is 1.55. The number of primary amides is 1. The van der Waals surface area contributed by atoms with E-state index in [9.17, 15) is 18.4 Å². The van der Waals surface area contributed by atoms with Crippen LogP contribution < -0.4 is 10.5 Å². The lowest BCUT2D eigenvalue weighted by Crippen LogP contribution is -2.22. The van der Waals surface area contributed by atoms with Gasteiger partial charge in [0.1, 0.15) is 18.1 Å². The standard InChI is InChI=1S/C23H25F2N5O3S/c1-12-10-18(13(2)30(12)16-6-8-17(9-7-16)33-22(24)25)20(32)14(3)34-23-28-27-21(15-4-5-15)29(23)11-19(26)31/h6-10,14-15,22H,4-5,11H2,1-3H3,(H2,26,31)/t14-/m0/s1. The first-order valence-electron chi connectivity index (χ1n) is 10.8. The molecular formula is C23H25F2N5O3S. The van der Waals surface area contributed by atoms with E-state index in [0.29, 0.717) is 10.7 Å². The molecule has 2 N–H and O–H groups in total. The number of nitrogens with zero attached hydrogens (tertiary/aromatic N) is 4. The molecule has 1 fully saturated rings. The Hall–Kier alpha value is -3.21. The third kappa shape index (κ3) is 4.98. The van der Waals surface area contributed by atoms with Gasteiger partial charge in [-0.25, -0.2) is 0 Å². The van der Waals surface area contributed by atoms with E-state index in [1.165, 1.54) is 23.9 Å². The molecule has 1 aliphatic carbocycles. The van der Waals surface area contributed by atoms with Crippen LogP contribution in [0.4, 0.5) is 8.78 Å². The van der Waals surface area contributed by atoms with Crippen molar-refractivity contribution >= 4 is 23.5 Å². The van der Waals surface area contributed by atoms with Crippen molar-refractivity contribution in [1.29, 1.82) is 0 Å². The number of hydrogen-bond acceptors (Lipinski definition) is 6. The Morgan fingerprint density at radius 2 is 1.88 bits per heavy atom. The van der Waals surface area contributed by atoms with Crippen molar-refractivity contribution in [2.75, 3.05) is 0 Å². The lowest BCUT2D eigenvalue weighted by atomic mass is 10.1. The molecule has 1 aliphatic rings. The van der Waals surface area contributed by atoms with E-state index in [4.69, 9.17) is 5.73 Å². The lowest BCUT2D eigenvalue weighted by molar-refractivity contribution is -0.118. The molecular weight excluding hydrogens is 464 g/mol. The zero-order valence-electron chi connectivity index (χ0n) is 19.0. The predicted octanol–water partition coefficient (Wildman–Crippen LogP) is 4.01. The number of aryl methyl sites for hydroxylation is 1.